The first-order valence-corrected chi connectivity index (χ1v) is 9.35. The Morgan fingerprint density at radius 2 is 1.81 bits per heavy atom. The van der Waals surface area contributed by atoms with E-state index in [0.29, 0.717) is 17.0 Å². The lowest BCUT2D eigenvalue weighted by Crippen LogP contribution is -2.17. The smallest absolute Gasteiger partial charge is 0.375 e. The van der Waals surface area contributed by atoms with Crippen LogP contribution in [0.1, 0.15) is 21.0 Å². The molecule has 31 heavy (non-hydrogen) atoms. The van der Waals surface area contributed by atoms with Crippen LogP contribution >= 0.6 is 0 Å². The number of hydrogen-bond donors (Lipinski definition) is 1. The summed E-state index contributed by atoms with van der Waals surface area (Å²) in [6.45, 7) is 0.0721. The van der Waals surface area contributed by atoms with Crippen LogP contribution in [-0.4, -0.2) is 54.1 Å². The largest absolute Gasteiger partial charge is 0.497 e. The number of nitrogens with one attached hydrogen (secondary N) is 1. The van der Waals surface area contributed by atoms with Crippen LogP contribution in [0.25, 0.3) is 0 Å². The fraction of sp³-hybridized carbons (Fsp3) is 0.238. The van der Waals surface area contributed by atoms with Crippen molar-refractivity contribution in [3.8, 4) is 5.75 Å². The molecule has 0 atom stereocenters. The average molecular weight is 426 g/mol. The van der Waals surface area contributed by atoms with Crippen molar-refractivity contribution in [3.05, 3.63) is 66.0 Å². The molecular weight excluding hydrogens is 404 g/mol. The molecule has 0 spiro atoms. The molecule has 0 fully saturated rings. The minimum Gasteiger partial charge on any atom is -0.497 e. The Hall–Kier alpha value is -3.92. The van der Waals surface area contributed by atoms with E-state index in [-0.39, 0.29) is 31.7 Å². The van der Waals surface area contributed by atoms with Gasteiger partial charge in [-0.2, -0.15) is 4.98 Å². The van der Waals surface area contributed by atoms with Gasteiger partial charge in [0.2, 0.25) is 11.8 Å². The highest BCUT2D eigenvalue weighted by molar-refractivity contribution is 5.89. The number of esters is 2. The predicted molar refractivity (Wildman–Crippen MR) is 110 cm³/mol. The number of hydrogen-bond acceptors (Lipinski definition) is 9. The Kier molecular flexibility index (Phi) is 7.55. The number of nitrogens with zero attached hydrogens (tertiary/aromatic N) is 3. The van der Waals surface area contributed by atoms with Crippen molar-refractivity contribution in [2.24, 2.45) is 0 Å². The monoisotopic (exact) mass is 426 g/mol. The van der Waals surface area contributed by atoms with Gasteiger partial charge in [-0.3, -0.25) is 0 Å². The molecule has 0 bridgehead atoms. The molecule has 0 unspecified atom stereocenters. The van der Waals surface area contributed by atoms with Gasteiger partial charge in [-0.05, 0) is 24.3 Å². The first-order valence-electron chi connectivity index (χ1n) is 9.35. The molecule has 10 nitrogen and oxygen atoms in total. The zero-order valence-corrected chi connectivity index (χ0v) is 17.1. The predicted octanol–water partition coefficient (Wildman–Crippen LogP) is 2.65. The topological polar surface area (TPSA) is 114 Å². The number of ether oxygens (including phenoxy) is 4. The Morgan fingerprint density at radius 1 is 1.00 bits per heavy atom. The summed E-state index contributed by atoms with van der Waals surface area (Å²) in [6, 6.07) is 15.8. The van der Waals surface area contributed by atoms with E-state index in [1.807, 2.05) is 6.07 Å². The van der Waals surface area contributed by atoms with E-state index < -0.39 is 11.9 Å². The molecule has 0 radical (unpaired) electrons. The van der Waals surface area contributed by atoms with E-state index in [9.17, 15) is 9.59 Å². The number of aromatic nitrogens is 3. The molecule has 3 rings (SSSR count). The van der Waals surface area contributed by atoms with Crippen LogP contribution in [0.5, 0.6) is 5.75 Å². The Balaban J connectivity index is 1.56. The van der Waals surface area contributed by atoms with Crippen LogP contribution in [0.4, 0.5) is 11.6 Å². The minimum atomic E-state index is -0.662. The third-order valence-corrected chi connectivity index (χ3v) is 4.05. The molecule has 0 aliphatic rings. The lowest BCUT2D eigenvalue weighted by molar-refractivity contribution is 0.0129. The molecule has 0 aliphatic carbocycles. The van der Waals surface area contributed by atoms with Gasteiger partial charge >= 0.3 is 11.9 Å². The second kappa shape index (κ2) is 10.7. The van der Waals surface area contributed by atoms with E-state index in [2.05, 4.69) is 15.4 Å². The van der Waals surface area contributed by atoms with Crippen molar-refractivity contribution in [3.63, 3.8) is 0 Å². The van der Waals surface area contributed by atoms with Crippen molar-refractivity contribution in [1.29, 1.82) is 0 Å². The van der Waals surface area contributed by atoms with Crippen LogP contribution in [0.2, 0.25) is 0 Å². The summed E-state index contributed by atoms with van der Waals surface area (Å²) >= 11 is 0. The van der Waals surface area contributed by atoms with Crippen molar-refractivity contribution >= 4 is 23.6 Å². The lowest BCUT2D eigenvalue weighted by atomic mass is 10.2. The molecular formula is C21H22N4O6. The summed E-state index contributed by atoms with van der Waals surface area (Å²) in [5.41, 5.74) is 1.14. The molecule has 0 saturated heterocycles. The van der Waals surface area contributed by atoms with Crippen molar-refractivity contribution in [1.82, 2.24) is 14.8 Å². The van der Waals surface area contributed by atoms with E-state index in [1.165, 1.54) is 11.8 Å². The Labute approximate surface area is 178 Å². The van der Waals surface area contributed by atoms with E-state index in [0.717, 1.165) is 0 Å². The number of benzene rings is 2. The van der Waals surface area contributed by atoms with Crippen LogP contribution < -0.4 is 10.1 Å². The molecule has 10 heteroatoms. The fourth-order valence-electron chi connectivity index (χ4n) is 2.56. The number of carbonyl (C=O) groups is 2. The zero-order chi connectivity index (χ0) is 22.1. The van der Waals surface area contributed by atoms with Crippen molar-refractivity contribution in [2.75, 3.05) is 32.8 Å². The quantitative estimate of drug-likeness (QED) is 0.386. The standard InChI is InChI=1S/C21H22N4O6/c1-28-17-10-6-9-16(13-17)22-21-23-18(20(27)29-2)25(24-21)14-30-11-12-31-19(26)15-7-4-3-5-8-15/h3-10,13H,11-12,14H2,1-2H3,(H,22,24). The van der Waals surface area contributed by atoms with Gasteiger partial charge in [0.05, 0.1) is 26.4 Å². The molecule has 3 aromatic rings. The van der Waals surface area contributed by atoms with E-state index in [4.69, 9.17) is 18.9 Å². The summed E-state index contributed by atoms with van der Waals surface area (Å²) in [6.07, 6.45) is 0. The van der Waals surface area contributed by atoms with E-state index in [1.54, 1.807) is 55.6 Å². The van der Waals surface area contributed by atoms with Crippen LogP contribution in [0.3, 0.4) is 0 Å². The van der Waals surface area contributed by atoms with E-state index >= 15 is 0 Å². The molecule has 1 N–H and O–H groups in total. The molecule has 1 heterocycles. The third-order valence-electron chi connectivity index (χ3n) is 4.05. The average Bonchev–Trinajstić information content (AvgIpc) is 3.21. The van der Waals surface area contributed by atoms with Crippen LogP contribution in [-0.2, 0) is 20.9 Å². The van der Waals surface area contributed by atoms with Gasteiger partial charge in [-0.25, -0.2) is 14.3 Å². The zero-order valence-electron chi connectivity index (χ0n) is 17.1. The Morgan fingerprint density at radius 3 is 2.55 bits per heavy atom. The normalized spacial score (nSPS) is 10.4. The summed E-state index contributed by atoms with van der Waals surface area (Å²) in [5, 5.41) is 7.23. The number of methoxy groups -OCH3 is 2. The maximum absolute atomic E-state index is 12.0. The maximum Gasteiger partial charge on any atom is 0.375 e. The summed E-state index contributed by atoms with van der Waals surface area (Å²) in [5.74, 6) is -0.289. The third kappa shape index (κ3) is 6.03. The van der Waals surface area contributed by atoms with Crippen LogP contribution in [0.15, 0.2) is 54.6 Å². The molecule has 2 aromatic carbocycles. The van der Waals surface area contributed by atoms with Crippen molar-refractivity contribution < 1.29 is 28.5 Å². The van der Waals surface area contributed by atoms with Gasteiger partial charge < -0.3 is 24.3 Å². The summed E-state index contributed by atoms with van der Waals surface area (Å²) in [4.78, 5) is 28.1. The second-order valence-electron chi connectivity index (χ2n) is 6.15. The highest BCUT2D eigenvalue weighted by atomic mass is 16.6. The molecule has 0 aliphatic heterocycles. The SMILES string of the molecule is COC(=O)c1nc(Nc2cccc(OC)c2)nn1COCCOC(=O)c1ccccc1. The second-order valence-corrected chi connectivity index (χ2v) is 6.15. The summed E-state index contributed by atoms with van der Waals surface area (Å²) in [7, 11) is 2.82. The van der Waals surface area contributed by atoms with Crippen LogP contribution in [0, 0.1) is 0 Å². The molecule has 0 amide bonds. The fourth-order valence-corrected chi connectivity index (χ4v) is 2.56. The van der Waals surface area contributed by atoms with Gasteiger partial charge in [-0.15, -0.1) is 5.10 Å². The highest BCUT2D eigenvalue weighted by Gasteiger charge is 2.18. The molecule has 162 valence electrons. The van der Waals surface area contributed by atoms with Gasteiger partial charge in [0, 0.05) is 11.8 Å². The number of anilines is 2. The molecule has 0 saturated carbocycles. The number of carbonyl (C=O) groups excluding carboxylic acids is 2. The maximum atomic E-state index is 12.0. The van der Waals surface area contributed by atoms with Crippen molar-refractivity contribution in [2.45, 2.75) is 6.73 Å². The van der Waals surface area contributed by atoms with Gasteiger partial charge in [-0.1, -0.05) is 24.3 Å². The highest BCUT2D eigenvalue weighted by Crippen LogP contribution is 2.20. The minimum absolute atomic E-state index is 0.0332. The lowest BCUT2D eigenvalue weighted by Gasteiger charge is -2.07. The van der Waals surface area contributed by atoms with Gasteiger partial charge in [0.1, 0.15) is 19.1 Å². The Bertz CT molecular complexity index is 1020. The first-order chi connectivity index (χ1) is 15.1. The van der Waals surface area contributed by atoms with Gasteiger partial charge in [0.25, 0.3) is 0 Å². The number of rotatable bonds is 10. The first kappa shape index (κ1) is 21.8. The summed E-state index contributed by atoms with van der Waals surface area (Å²) < 4.78 is 21.8. The molecule has 1 aromatic heterocycles. The van der Waals surface area contributed by atoms with Gasteiger partial charge in [0.15, 0.2) is 0 Å².